The highest BCUT2D eigenvalue weighted by Crippen LogP contribution is 2.27. The second-order valence-corrected chi connectivity index (χ2v) is 7.95. The summed E-state index contributed by atoms with van der Waals surface area (Å²) in [6.45, 7) is 2.75. The third-order valence-corrected chi connectivity index (χ3v) is 5.88. The molecule has 0 aliphatic heterocycles. The number of hydrogen-bond acceptors (Lipinski definition) is 7. The van der Waals surface area contributed by atoms with E-state index < -0.39 is 0 Å². The Labute approximate surface area is 175 Å². The van der Waals surface area contributed by atoms with Gasteiger partial charge in [0.05, 0.1) is 6.20 Å². The van der Waals surface area contributed by atoms with Gasteiger partial charge in [0.15, 0.2) is 5.65 Å². The molecule has 0 bridgehead atoms. The monoisotopic (exact) mass is 411 g/mol. The smallest absolute Gasteiger partial charge is 0.250 e. The van der Waals surface area contributed by atoms with Crippen molar-refractivity contribution in [3.05, 3.63) is 46.0 Å². The number of aliphatic hydroxyl groups excluding tert-OH is 1. The molecule has 1 aliphatic carbocycles. The van der Waals surface area contributed by atoms with E-state index in [-0.39, 0.29) is 24.1 Å². The van der Waals surface area contributed by atoms with Crippen LogP contribution in [0.15, 0.2) is 29.3 Å². The summed E-state index contributed by atoms with van der Waals surface area (Å²) in [7, 11) is 1.74. The Hall–Kier alpha value is -2.94. The van der Waals surface area contributed by atoms with Crippen molar-refractivity contribution in [3.63, 3.8) is 0 Å². The number of fused-ring (bicyclic) bond motifs is 1. The van der Waals surface area contributed by atoms with Crippen molar-refractivity contribution in [2.45, 2.75) is 51.6 Å². The number of aryl methyl sites for hydroxylation is 2. The fraction of sp³-hybridized carbons (Fsp3) is 0.524. The molecular formula is C21H29N7O2. The molecule has 9 heteroatoms. The summed E-state index contributed by atoms with van der Waals surface area (Å²) in [4.78, 5) is 21.0. The van der Waals surface area contributed by atoms with Crippen LogP contribution in [0.1, 0.15) is 43.7 Å². The second kappa shape index (κ2) is 8.83. The van der Waals surface area contributed by atoms with Gasteiger partial charge in [-0.3, -0.25) is 4.79 Å². The number of pyridine rings is 1. The Bertz CT molecular complexity index is 1070. The molecule has 3 aromatic rings. The van der Waals surface area contributed by atoms with E-state index in [1.807, 2.05) is 6.20 Å². The molecule has 4 rings (SSSR count). The third-order valence-electron chi connectivity index (χ3n) is 5.88. The maximum Gasteiger partial charge on any atom is 0.250 e. The summed E-state index contributed by atoms with van der Waals surface area (Å²) in [5, 5.41) is 21.0. The van der Waals surface area contributed by atoms with E-state index in [2.05, 4.69) is 27.6 Å². The zero-order chi connectivity index (χ0) is 21.1. The van der Waals surface area contributed by atoms with Crippen molar-refractivity contribution in [3.8, 4) is 0 Å². The molecule has 3 N–H and O–H groups in total. The Morgan fingerprint density at radius 2 is 2.07 bits per heavy atom. The van der Waals surface area contributed by atoms with Gasteiger partial charge in [-0.15, -0.1) is 0 Å². The molecule has 0 amide bonds. The minimum absolute atomic E-state index is 0.0414. The number of rotatable bonds is 7. The van der Waals surface area contributed by atoms with Crippen molar-refractivity contribution < 1.29 is 5.11 Å². The van der Waals surface area contributed by atoms with Crippen LogP contribution in [-0.2, 0) is 20.0 Å². The largest absolute Gasteiger partial charge is 0.396 e. The Morgan fingerprint density at radius 3 is 2.83 bits per heavy atom. The van der Waals surface area contributed by atoms with Crippen molar-refractivity contribution >= 4 is 17.5 Å². The minimum atomic E-state index is -0.0414. The molecule has 1 fully saturated rings. The summed E-state index contributed by atoms with van der Waals surface area (Å²) < 4.78 is 3.27. The minimum Gasteiger partial charge on any atom is -0.396 e. The van der Waals surface area contributed by atoms with Crippen LogP contribution in [-0.4, -0.2) is 41.9 Å². The summed E-state index contributed by atoms with van der Waals surface area (Å²) in [5.74, 6) is 1.36. The lowest BCUT2D eigenvalue weighted by Gasteiger charge is -2.30. The number of nitrogens with one attached hydrogen (secondary N) is 2. The fourth-order valence-electron chi connectivity index (χ4n) is 4.07. The van der Waals surface area contributed by atoms with Crippen molar-refractivity contribution in [2.75, 3.05) is 17.2 Å². The zero-order valence-corrected chi connectivity index (χ0v) is 17.5. The molecule has 2 atom stereocenters. The molecule has 2 unspecified atom stereocenters. The van der Waals surface area contributed by atoms with E-state index in [1.165, 1.54) is 0 Å². The highest BCUT2D eigenvalue weighted by Gasteiger charge is 2.25. The van der Waals surface area contributed by atoms with E-state index >= 15 is 0 Å². The number of aromatic nitrogens is 5. The molecule has 9 nitrogen and oxygen atoms in total. The van der Waals surface area contributed by atoms with E-state index in [1.54, 1.807) is 34.5 Å². The topological polar surface area (TPSA) is 109 Å². The lowest BCUT2D eigenvalue weighted by molar-refractivity contribution is 0.178. The van der Waals surface area contributed by atoms with Gasteiger partial charge in [0.2, 0.25) is 17.5 Å². The molecule has 1 saturated carbocycles. The number of nitrogens with zero attached hydrogens (tertiary/aromatic N) is 5. The summed E-state index contributed by atoms with van der Waals surface area (Å²) in [6, 6.07) is 3.53. The quantitative estimate of drug-likeness (QED) is 0.545. The predicted octanol–water partition coefficient (Wildman–Crippen LogP) is 1.96. The van der Waals surface area contributed by atoms with E-state index in [4.69, 9.17) is 4.98 Å². The van der Waals surface area contributed by atoms with Crippen LogP contribution < -0.4 is 16.2 Å². The number of anilines is 2. The summed E-state index contributed by atoms with van der Waals surface area (Å²) >= 11 is 0. The second-order valence-electron chi connectivity index (χ2n) is 7.95. The third kappa shape index (κ3) is 4.16. The predicted molar refractivity (Wildman–Crippen MR) is 116 cm³/mol. The van der Waals surface area contributed by atoms with Crippen molar-refractivity contribution in [1.82, 2.24) is 24.1 Å². The van der Waals surface area contributed by atoms with E-state index in [0.717, 1.165) is 48.9 Å². The first kappa shape index (κ1) is 20.3. The van der Waals surface area contributed by atoms with Gasteiger partial charge in [0.1, 0.15) is 0 Å². The molecule has 0 saturated heterocycles. The highest BCUT2D eigenvalue weighted by atomic mass is 16.3. The van der Waals surface area contributed by atoms with Crippen molar-refractivity contribution in [1.29, 1.82) is 0 Å². The van der Waals surface area contributed by atoms with E-state index in [9.17, 15) is 9.90 Å². The van der Waals surface area contributed by atoms with Gasteiger partial charge in [-0.05, 0) is 24.8 Å². The van der Waals surface area contributed by atoms with E-state index in [0.29, 0.717) is 18.4 Å². The van der Waals surface area contributed by atoms with Gasteiger partial charge >= 0.3 is 0 Å². The van der Waals surface area contributed by atoms with Crippen LogP contribution >= 0.6 is 0 Å². The van der Waals surface area contributed by atoms with Crippen LogP contribution in [0.3, 0.4) is 0 Å². The summed E-state index contributed by atoms with van der Waals surface area (Å²) in [5.41, 5.74) is 2.75. The fourth-order valence-corrected chi connectivity index (χ4v) is 4.07. The van der Waals surface area contributed by atoms with Gasteiger partial charge in [-0.1, -0.05) is 25.8 Å². The lowest BCUT2D eigenvalue weighted by atomic mass is 9.85. The Kier molecular flexibility index (Phi) is 5.98. The standard InChI is InChI=1S/C21H29N7O2/c1-3-15-11-23-28-19(15)25-20(24-17-7-5-4-6-16(17)13-29)26-21(28)22-10-14-8-9-18(30)27(2)12-14/h8-9,11-12,16-17,29H,3-7,10,13H2,1-2H3,(H2,22,24,25,26). The maximum absolute atomic E-state index is 11.6. The van der Waals surface area contributed by atoms with Crippen LogP contribution in [0.4, 0.5) is 11.9 Å². The molecule has 3 heterocycles. The van der Waals surface area contributed by atoms with Crippen LogP contribution in [0, 0.1) is 5.92 Å². The molecule has 0 aromatic carbocycles. The maximum atomic E-state index is 11.6. The molecule has 0 spiro atoms. The van der Waals surface area contributed by atoms with Crippen LogP contribution in [0.2, 0.25) is 0 Å². The van der Waals surface area contributed by atoms with Crippen LogP contribution in [0.5, 0.6) is 0 Å². The first-order valence-corrected chi connectivity index (χ1v) is 10.6. The van der Waals surface area contributed by atoms with Crippen molar-refractivity contribution in [2.24, 2.45) is 13.0 Å². The Morgan fingerprint density at radius 1 is 1.23 bits per heavy atom. The molecule has 160 valence electrons. The molecule has 3 aromatic heterocycles. The van der Waals surface area contributed by atoms with Gasteiger partial charge in [-0.2, -0.15) is 19.6 Å². The first-order chi connectivity index (χ1) is 14.6. The van der Waals surface area contributed by atoms with Gasteiger partial charge in [0.25, 0.3) is 0 Å². The highest BCUT2D eigenvalue weighted by molar-refractivity contribution is 5.54. The average molecular weight is 412 g/mol. The SMILES string of the molecule is CCc1cnn2c(NCc3ccc(=O)n(C)c3)nc(NC3CCCCC3CO)nc12. The molecule has 1 aliphatic rings. The van der Waals surface area contributed by atoms with Gasteiger partial charge < -0.3 is 20.3 Å². The van der Waals surface area contributed by atoms with Crippen LogP contribution in [0.25, 0.3) is 5.65 Å². The first-order valence-electron chi connectivity index (χ1n) is 10.6. The lowest BCUT2D eigenvalue weighted by Crippen LogP contribution is -2.35. The van der Waals surface area contributed by atoms with Gasteiger partial charge in [-0.25, -0.2) is 0 Å². The number of aliphatic hydroxyl groups is 1. The zero-order valence-electron chi connectivity index (χ0n) is 17.5. The number of hydrogen-bond donors (Lipinski definition) is 3. The van der Waals surface area contributed by atoms with Gasteiger partial charge in [0, 0.05) is 50.0 Å². The average Bonchev–Trinajstić information content (AvgIpc) is 3.18. The molecule has 30 heavy (non-hydrogen) atoms. The molecule has 0 radical (unpaired) electrons. The normalized spacial score (nSPS) is 19.2. The molecular weight excluding hydrogens is 382 g/mol. The summed E-state index contributed by atoms with van der Waals surface area (Å²) in [6.07, 6.45) is 8.76. The Balaban J connectivity index is 1.63.